The molecule has 0 radical (unpaired) electrons. The number of primary amides is 1. The summed E-state index contributed by atoms with van der Waals surface area (Å²) in [7, 11) is 0. The number of hydrogen-bond donors (Lipinski definition) is 1. The molecule has 2 amide bonds. The number of carbonyl (C=O) groups is 3. The summed E-state index contributed by atoms with van der Waals surface area (Å²) >= 11 is 1.50. The van der Waals surface area contributed by atoms with Gasteiger partial charge in [-0.1, -0.05) is 43.2 Å². The van der Waals surface area contributed by atoms with Gasteiger partial charge >= 0.3 is 0 Å². The number of nitrogens with two attached hydrogens (primary N) is 1. The lowest BCUT2D eigenvalue weighted by molar-refractivity contribution is -0.143. The van der Waals surface area contributed by atoms with E-state index >= 15 is 0 Å². The Morgan fingerprint density at radius 2 is 1.71 bits per heavy atom. The van der Waals surface area contributed by atoms with Crippen LogP contribution >= 0.6 is 11.3 Å². The number of aryl methyl sites for hydroxylation is 2. The molecule has 7 heteroatoms. The number of hydrogen-bond acceptors (Lipinski definition) is 5. The van der Waals surface area contributed by atoms with E-state index in [9.17, 15) is 14.4 Å². The first kappa shape index (κ1) is 23.5. The first-order chi connectivity index (χ1) is 16.9. The van der Waals surface area contributed by atoms with Crippen molar-refractivity contribution in [1.29, 1.82) is 0 Å². The third kappa shape index (κ3) is 4.12. The molecule has 2 aliphatic rings. The standard InChI is InChI=1S/C28H30N2O4S/c1-16-14-15-35-26(16)22-21(25(31)20-13-12-17(2)34-20)23(18-8-4-3-5-9-18)30(24(22)27(29)32)28(33)19-10-6-7-11-19/h3-5,8-9,12-15,19,21-24H,6-7,10-11H2,1-2H3,(H2,29,32). The van der Waals surface area contributed by atoms with Crippen LogP contribution in [0.3, 0.4) is 0 Å². The summed E-state index contributed by atoms with van der Waals surface area (Å²) in [6.07, 6.45) is 3.56. The monoisotopic (exact) mass is 490 g/mol. The van der Waals surface area contributed by atoms with Gasteiger partial charge in [-0.05, 0) is 61.4 Å². The van der Waals surface area contributed by atoms with E-state index in [1.165, 1.54) is 11.3 Å². The highest BCUT2D eigenvalue weighted by atomic mass is 32.1. The van der Waals surface area contributed by atoms with Crippen LogP contribution in [0.15, 0.2) is 58.3 Å². The number of thiophene rings is 1. The van der Waals surface area contributed by atoms with Gasteiger partial charge in [-0.3, -0.25) is 14.4 Å². The number of likely N-dealkylation sites (tertiary alicyclic amines) is 1. The maximum Gasteiger partial charge on any atom is 0.240 e. The van der Waals surface area contributed by atoms with Crippen molar-refractivity contribution < 1.29 is 18.8 Å². The second-order valence-corrected chi connectivity index (χ2v) is 10.7. The van der Waals surface area contributed by atoms with Gasteiger partial charge in [0.05, 0.1) is 12.0 Å². The Kier molecular flexibility index (Phi) is 6.36. The molecular formula is C28H30N2O4S. The third-order valence-corrected chi connectivity index (χ3v) is 8.67. The number of benzene rings is 1. The molecule has 2 aromatic heterocycles. The number of furan rings is 1. The maximum absolute atomic E-state index is 14.1. The Morgan fingerprint density at radius 3 is 2.29 bits per heavy atom. The molecule has 4 unspecified atom stereocenters. The van der Waals surface area contributed by atoms with Crippen molar-refractivity contribution in [1.82, 2.24) is 4.90 Å². The highest BCUT2D eigenvalue weighted by molar-refractivity contribution is 7.10. The van der Waals surface area contributed by atoms with Crippen molar-refractivity contribution >= 4 is 28.9 Å². The summed E-state index contributed by atoms with van der Waals surface area (Å²) < 4.78 is 5.76. The average molecular weight is 491 g/mol. The summed E-state index contributed by atoms with van der Waals surface area (Å²) in [5.41, 5.74) is 7.86. The Hall–Kier alpha value is -3.19. The van der Waals surface area contributed by atoms with Crippen molar-refractivity contribution in [2.24, 2.45) is 17.6 Å². The first-order valence-corrected chi connectivity index (χ1v) is 13.1. The van der Waals surface area contributed by atoms with E-state index in [1.54, 1.807) is 24.0 Å². The normalized spacial score (nSPS) is 24.7. The second kappa shape index (κ2) is 9.46. The number of amides is 2. The van der Waals surface area contributed by atoms with Crippen LogP contribution in [0.4, 0.5) is 0 Å². The minimum absolute atomic E-state index is 0.0784. The van der Waals surface area contributed by atoms with Crippen LogP contribution in [0.1, 0.15) is 70.0 Å². The van der Waals surface area contributed by atoms with Gasteiger partial charge in [-0.2, -0.15) is 0 Å². The van der Waals surface area contributed by atoms with Gasteiger partial charge in [0.2, 0.25) is 17.6 Å². The molecule has 0 bridgehead atoms. The Balaban J connectivity index is 1.73. The molecule has 2 fully saturated rings. The summed E-state index contributed by atoms with van der Waals surface area (Å²) in [6.45, 7) is 3.77. The van der Waals surface area contributed by atoms with Gasteiger partial charge in [0.25, 0.3) is 0 Å². The topological polar surface area (TPSA) is 93.6 Å². The Labute approximate surface area is 209 Å². The fourth-order valence-corrected chi connectivity index (χ4v) is 7.08. The summed E-state index contributed by atoms with van der Waals surface area (Å²) in [6, 6.07) is 13.4. The summed E-state index contributed by atoms with van der Waals surface area (Å²) in [4.78, 5) is 43.9. The molecule has 4 atom stereocenters. The van der Waals surface area contributed by atoms with Gasteiger partial charge < -0.3 is 15.1 Å². The number of Topliss-reactive ketones (excluding diaryl/α,β-unsaturated/α-hetero) is 1. The number of ketones is 1. The second-order valence-electron chi connectivity index (χ2n) is 9.72. The summed E-state index contributed by atoms with van der Waals surface area (Å²) in [5, 5.41) is 1.96. The average Bonchev–Trinajstić information content (AvgIpc) is 3.64. The van der Waals surface area contributed by atoms with Gasteiger partial charge in [0.1, 0.15) is 11.8 Å². The van der Waals surface area contributed by atoms with Gasteiger partial charge in [-0.25, -0.2) is 0 Å². The van der Waals surface area contributed by atoms with Crippen molar-refractivity contribution in [2.45, 2.75) is 57.5 Å². The molecule has 35 heavy (non-hydrogen) atoms. The zero-order valence-corrected chi connectivity index (χ0v) is 20.8. The van der Waals surface area contributed by atoms with Crippen LogP contribution < -0.4 is 5.73 Å². The molecule has 6 nitrogen and oxygen atoms in total. The Bertz CT molecular complexity index is 1240. The SMILES string of the molecule is Cc1ccc(C(=O)C2C(c3sccc3C)C(C(N)=O)N(C(=O)C3CCCC3)C2c2ccccc2)o1. The van der Waals surface area contributed by atoms with E-state index in [4.69, 9.17) is 10.2 Å². The lowest BCUT2D eigenvalue weighted by atomic mass is 9.79. The zero-order chi connectivity index (χ0) is 24.7. The fourth-order valence-electron chi connectivity index (χ4n) is 5.97. The highest BCUT2D eigenvalue weighted by Gasteiger charge is 2.58. The summed E-state index contributed by atoms with van der Waals surface area (Å²) in [5.74, 6) is -1.41. The quantitative estimate of drug-likeness (QED) is 0.483. The molecule has 182 valence electrons. The molecule has 2 N–H and O–H groups in total. The highest BCUT2D eigenvalue weighted by Crippen LogP contribution is 2.53. The molecule has 1 saturated carbocycles. The molecule has 1 aliphatic heterocycles. The maximum atomic E-state index is 14.1. The molecule has 1 saturated heterocycles. The number of rotatable bonds is 6. The largest absolute Gasteiger partial charge is 0.458 e. The van der Waals surface area contributed by atoms with Crippen LogP contribution in [-0.4, -0.2) is 28.5 Å². The molecule has 3 heterocycles. The molecule has 0 spiro atoms. The predicted octanol–water partition coefficient (Wildman–Crippen LogP) is 5.17. The van der Waals surface area contributed by atoms with E-state index in [1.807, 2.05) is 48.7 Å². The van der Waals surface area contributed by atoms with Crippen LogP contribution in [0, 0.1) is 25.7 Å². The van der Waals surface area contributed by atoms with Crippen LogP contribution in [0.5, 0.6) is 0 Å². The van der Waals surface area contributed by atoms with E-state index in [0.717, 1.165) is 41.7 Å². The van der Waals surface area contributed by atoms with Gasteiger partial charge in [-0.15, -0.1) is 11.3 Å². The predicted molar refractivity (Wildman–Crippen MR) is 134 cm³/mol. The van der Waals surface area contributed by atoms with Crippen LogP contribution in [0.2, 0.25) is 0 Å². The van der Waals surface area contributed by atoms with Crippen molar-refractivity contribution in [2.75, 3.05) is 0 Å². The van der Waals surface area contributed by atoms with Crippen molar-refractivity contribution in [3.63, 3.8) is 0 Å². The van der Waals surface area contributed by atoms with E-state index in [2.05, 4.69) is 0 Å². The fraction of sp³-hybridized carbons (Fsp3) is 0.393. The molecule has 1 aromatic carbocycles. The number of nitrogens with zero attached hydrogens (tertiary/aromatic N) is 1. The van der Waals surface area contributed by atoms with Crippen molar-refractivity contribution in [3.05, 3.63) is 81.4 Å². The minimum atomic E-state index is -0.921. The minimum Gasteiger partial charge on any atom is -0.458 e. The van der Waals surface area contributed by atoms with E-state index in [0.29, 0.717) is 5.76 Å². The third-order valence-electron chi connectivity index (χ3n) is 7.55. The smallest absolute Gasteiger partial charge is 0.240 e. The lowest BCUT2D eigenvalue weighted by Crippen LogP contribution is -2.48. The lowest BCUT2D eigenvalue weighted by Gasteiger charge is -2.32. The molecular weight excluding hydrogens is 460 g/mol. The zero-order valence-electron chi connectivity index (χ0n) is 20.0. The van der Waals surface area contributed by atoms with Crippen LogP contribution in [-0.2, 0) is 9.59 Å². The molecule has 3 aromatic rings. The van der Waals surface area contributed by atoms with Gasteiger partial charge in [0, 0.05) is 16.7 Å². The van der Waals surface area contributed by atoms with Crippen LogP contribution in [0.25, 0.3) is 0 Å². The van der Waals surface area contributed by atoms with E-state index < -0.39 is 29.8 Å². The molecule has 1 aliphatic carbocycles. The Morgan fingerprint density at radius 1 is 1.00 bits per heavy atom. The van der Waals surface area contributed by atoms with Gasteiger partial charge in [0.15, 0.2) is 5.76 Å². The van der Waals surface area contributed by atoms with Crippen molar-refractivity contribution in [3.8, 4) is 0 Å². The first-order valence-electron chi connectivity index (χ1n) is 12.2. The number of carbonyl (C=O) groups excluding carboxylic acids is 3. The van der Waals surface area contributed by atoms with E-state index in [-0.39, 0.29) is 23.4 Å². The molecule has 5 rings (SSSR count).